The number of nitrogen functional groups attached to an aromatic ring is 1. The van der Waals surface area contributed by atoms with Crippen LogP contribution in [-0.2, 0) is 0 Å². The lowest BCUT2D eigenvalue weighted by molar-refractivity contribution is 0.0881. The van der Waals surface area contributed by atoms with Crippen molar-refractivity contribution in [3.63, 3.8) is 0 Å². The van der Waals surface area contributed by atoms with Crippen LogP contribution in [0.2, 0.25) is 0 Å². The summed E-state index contributed by atoms with van der Waals surface area (Å²) in [6, 6.07) is 12.6. The summed E-state index contributed by atoms with van der Waals surface area (Å²) in [5.41, 5.74) is 8.29. The lowest BCUT2D eigenvalue weighted by Crippen LogP contribution is -2.47. The van der Waals surface area contributed by atoms with Crippen molar-refractivity contribution in [3.8, 4) is 17.2 Å². The molecule has 0 radical (unpaired) electrons. The minimum absolute atomic E-state index is 0.228. The van der Waals surface area contributed by atoms with Crippen LogP contribution in [0, 0.1) is 6.92 Å². The zero-order chi connectivity index (χ0) is 23.3. The molecule has 0 atom stereocenters. The van der Waals surface area contributed by atoms with Crippen molar-refractivity contribution in [1.29, 1.82) is 0 Å². The molecule has 7 nitrogen and oxygen atoms in total. The number of amides is 1. The van der Waals surface area contributed by atoms with E-state index in [0.717, 1.165) is 23.0 Å². The minimum atomic E-state index is -0.642. The van der Waals surface area contributed by atoms with Gasteiger partial charge in [-0.25, -0.2) is 0 Å². The van der Waals surface area contributed by atoms with Gasteiger partial charge in [0.1, 0.15) is 12.4 Å². The van der Waals surface area contributed by atoms with E-state index in [-0.39, 0.29) is 12.5 Å². The molecule has 0 saturated carbocycles. The Labute approximate surface area is 188 Å². The average molecular weight is 438 g/mol. The standard InChI is InChI=1S/C25H31N3O4/c1-6-12-31-20-11-10-17(14-22(20)30-5)24(29)28-25(3,4)15-32-21-9-7-8-19-23(21)18(26)13-16(2)27-19/h7-11,13-14H,6,12,15H2,1-5H3,(H2,26,27)(H,28,29). The lowest BCUT2D eigenvalue weighted by Gasteiger charge is -2.27. The molecular formula is C25H31N3O4. The summed E-state index contributed by atoms with van der Waals surface area (Å²) in [4.78, 5) is 17.4. The van der Waals surface area contributed by atoms with E-state index in [1.165, 1.54) is 0 Å². The molecule has 3 aromatic rings. The van der Waals surface area contributed by atoms with Gasteiger partial charge in [-0.1, -0.05) is 13.0 Å². The van der Waals surface area contributed by atoms with Crippen molar-refractivity contribution in [3.05, 3.63) is 53.7 Å². The number of fused-ring (bicyclic) bond motifs is 1. The van der Waals surface area contributed by atoms with Gasteiger partial charge in [0.2, 0.25) is 0 Å². The topological polar surface area (TPSA) is 95.7 Å². The van der Waals surface area contributed by atoms with Gasteiger partial charge < -0.3 is 25.3 Å². The smallest absolute Gasteiger partial charge is 0.251 e. The molecule has 0 spiro atoms. The normalized spacial score (nSPS) is 11.3. The highest BCUT2D eigenvalue weighted by atomic mass is 16.5. The maximum atomic E-state index is 12.9. The van der Waals surface area contributed by atoms with E-state index in [1.807, 2.05) is 52.0 Å². The predicted molar refractivity (Wildman–Crippen MR) is 127 cm³/mol. The van der Waals surface area contributed by atoms with Crippen molar-refractivity contribution in [2.45, 2.75) is 39.7 Å². The maximum absolute atomic E-state index is 12.9. The third-order valence-electron chi connectivity index (χ3n) is 4.88. The Morgan fingerprint density at radius 1 is 1.09 bits per heavy atom. The Kier molecular flexibility index (Phi) is 7.08. The molecule has 2 aromatic carbocycles. The number of rotatable bonds is 9. The van der Waals surface area contributed by atoms with Crippen LogP contribution in [0.25, 0.3) is 10.9 Å². The summed E-state index contributed by atoms with van der Waals surface area (Å²) in [5, 5.41) is 3.79. The summed E-state index contributed by atoms with van der Waals surface area (Å²) in [6.07, 6.45) is 0.887. The molecule has 0 aliphatic rings. The minimum Gasteiger partial charge on any atom is -0.493 e. The number of carbonyl (C=O) groups is 1. The highest BCUT2D eigenvalue weighted by Crippen LogP contribution is 2.31. The van der Waals surface area contributed by atoms with E-state index in [2.05, 4.69) is 10.3 Å². The summed E-state index contributed by atoms with van der Waals surface area (Å²) < 4.78 is 17.1. The molecule has 1 amide bonds. The fraction of sp³-hybridized carbons (Fsp3) is 0.360. The Bertz CT molecular complexity index is 1110. The Morgan fingerprint density at radius 3 is 2.59 bits per heavy atom. The second kappa shape index (κ2) is 9.77. The van der Waals surface area contributed by atoms with Gasteiger partial charge in [-0.15, -0.1) is 0 Å². The number of carbonyl (C=O) groups excluding carboxylic acids is 1. The highest BCUT2D eigenvalue weighted by molar-refractivity contribution is 5.96. The number of hydrogen-bond acceptors (Lipinski definition) is 6. The molecule has 32 heavy (non-hydrogen) atoms. The molecular weight excluding hydrogens is 406 g/mol. The first-order valence-corrected chi connectivity index (χ1v) is 10.7. The van der Waals surface area contributed by atoms with Gasteiger partial charge >= 0.3 is 0 Å². The molecule has 7 heteroatoms. The highest BCUT2D eigenvalue weighted by Gasteiger charge is 2.24. The molecule has 0 fully saturated rings. The molecule has 170 valence electrons. The number of benzene rings is 2. The summed E-state index contributed by atoms with van der Waals surface area (Å²) >= 11 is 0. The molecule has 1 heterocycles. The second-order valence-corrected chi connectivity index (χ2v) is 8.34. The van der Waals surface area contributed by atoms with Crippen LogP contribution in [0.4, 0.5) is 5.69 Å². The van der Waals surface area contributed by atoms with E-state index in [1.54, 1.807) is 25.3 Å². The molecule has 3 rings (SSSR count). The van der Waals surface area contributed by atoms with Crippen molar-refractivity contribution >= 4 is 22.5 Å². The SMILES string of the molecule is CCCOc1ccc(C(=O)NC(C)(C)COc2cccc3nc(C)cc(N)c23)cc1OC. The zero-order valence-corrected chi connectivity index (χ0v) is 19.3. The van der Waals surface area contributed by atoms with Gasteiger partial charge in [0.15, 0.2) is 11.5 Å². The third-order valence-corrected chi connectivity index (χ3v) is 4.88. The lowest BCUT2D eigenvalue weighted by atomic mass is 10.1. The van der Waals surface area contributed by atoms with Gasteiger partial charge in [0.25, 0.3) is 5.91 Å². The number of aryl methyl sites for hydroxylation is 1. The molecule has 0 bridgehead atoms. The second-order valence-electron chi connectivity index (χ2n) is 8.34. The van der Waals surface area contributed by atoms with Crippen LogP contribution in [0.1, 0.15) is 43.2 Å². The number of nitrogens with two attached hydrogens (primary N) is 1. The number of ether oxygens (including phenoxy) is 3. The van der Waals surface area contributed by atoms with Crippen molar-refractivity contribution in [2.24, 2.45) is 0 Å². The van der Waals surface area contributed by atoms with Gasteiger partial charge in [0, 0.05) is 16.9 Å². The van der Waals surface area contributed by atoms with Crippen LogP contribution in [0.15, 0.2) is 42.5 Å². The maximum Gasteiger partial charge on any atom is 0.251 e. The van der Waals surface area contributed by atoms with Gasteiger partial charge in [-0.2, -0.15) is 0 Å². The fourth-order valence-electron chi connectivity index (χ4n) is 3.36. The largest absolute Gasteiger partial charge is 0.493 e. The van der Waals surface area contributed by atoms with E-state index in [4.69, 9.17) is 19.9 Å². The van der Waals surface area contributed by atoms with Crippen LogP contribution in [0.3, 0.4) is 0 Å². The summed E-state index contributed by atoms with van der Waals surface area (Å²) in [6.45, 7) is 8.57. The van der Waals surface area contributed by atoms with Gasteiger partial charge in [-0.05, 0) is 63.6 Å². The Morgan fingerprint density at radius 2 is 1.88 bits per heavy atom. The average Bonchev–Trinajstić information content (AvgIpc) is 2.75. The van der Waals surface area contributed by atoms with Crippen LogP contribution < -0.4 is 25.3 Å². The fourth-order valence-corrected chi connectivity index (χ4v) is 3.36. The Balaban J connectivity index is 1.72. The molecule has 0 unspecified atom stereocenters. The molecule has 0 saturated heterocycles. The van der Waals surface area contributed by atoms with Crippen molar-refractivity contribution in [1.82, 2.24) is 10.3 Å². The molecule has 1 aromatic heterocycles. The zero-order valence-electron chi connectivity index (χ0n) is 19.3. The van der Waals surface area contributed by atoms with Crippen LogP contribution >= 0.6 is 0 Å². The molecule has 0 aliphatic carbocycles. The first-order chi connectivity index (χ1) is 15.2. The number of nitrogens with one attached hydrogen (secondary N) is 1. The number of anilines is 1. The Hall–Kier alpha value is -3.48. The third kappa shape index (κ3) is 5.41. The number of nitrogens with zero attached hydrogens (tertiary/aromatic N) is 1. The van der Waals surface area contributed by atoms with E-state index in [9.17, 15) is 4.79 Å². The number of pyridine rings is 1. The number of methoxy groups -OCH3 is 1. The van der Waals surface area contributed by atoms with Gasteiger partial charge in [-0.3, -0.25) is 9.78 Å². The first kappa shape index (κ1) is 23.2. The predicted octanol–water partition coefficient (Wildman–Crippen LogP) is 4.51. The first-order valence-electron chi connectivity index (χ1n) is 10.7. The van der Waals surface area contributed by atoms with E-state index in [0.29, 0.717) is 35.1 Å². The quantitative estimate of drug-likeness (QED) is 0.511. The van der Waals surface area contributed by atoms with Crippen LogP contribution in [0.5, 0.6) is 17.2 Å². The summed E-state index contributed by atoms with van der Waals surface area (Å²) in [5.74, 6) is 1.54. The monoisotopic (exact) mass is 437 g/mol. The van der Waals surface area contributed by atoms with Crippen molar-refractivity contribution < 1.29 is 19.0 Å². The van der Waals surface area contributed by atoms with E-state index >= 15 is 0 Å². The number of aromatic nitrogens is 1. The van der Waals surface area contributed by atoms with Crippen LogP contribution in [-0.4, -0.2) is 36.8 Å². The van der Waals surface area contributed by atoms with Crippen molar-refractivity contribution in [2.75, 3.05) is 26.1 Å². The number of hydrogen-bond donors (Lipinski definition) is 2. The summed E-state index contributed by atoms with van der Waals surface area (Å²) in [7, 11) is 1.56. The van der Waals surface area contributed by atoms with E-state index < -0.39 is 5.54 Å². The van der Waals surface area contributed by atoms with Gasteiger partial charge in [0.05, 0.1) is 30.2 Å². The molecule has 3 N–H and O–H groups in total. The molecule has 0 aliphatic heterocycles.